The van der Waals surface area contributed by atoms with Crippen LogP contribution >= 0.6 is 0 Å². The summed E-state index contributed by atoms with van der Waals surface area (Å²) in [5.74, 6) is 0. The zero-order valence-corrected chi connectivity index (χ0v) is 6.44. The predicted molar refractivity (Wildman–Crippen MR) is 40.2 cm³/mol. The van der Waals surface area contributed by atoms with E-state index in [1.807, 2.05) is 7.05 Å². The lowest BCUT2D eigenvalue weighted by Crippen LogP contribution is -2.50. The third-order valence-electron chi connectivity index (χ3n) is 1.40. The molecule has 3 heteroatoms. The van der Waals surface area contributed by atoms with Crippen molar-refractivity contribution >= 4 is 0 Å². The molecule has 0 aliphatic rings. The lowest BCUT2D eigenvalue weighted by atomic mass is 10.3. The highest BCUT2D eigenvalue weighted by atomic mass is 15.1. The molecule has 2 unspecified atom stereocenters. The summed E-state index contributed by atoms with van der Waals surface area (Å²) in [5.41, 5.74) is 5.63. The molecule has 0 rings (SSSR count). The average Bonchev–Trinajstić information content (AvgIpc) is 1.87. The average molecular weight is 131 g/mol. The Hall–Kier alpha value is -0.120. The SMILES string of the molecule is CCNC(C)C(N)NC. The molecule has 0 spiro atoms. The molecule has 0 aliphatic carbocycles. The summed E-state index contributed by atoms with van der Waals surface area (Å²) in [6.45, 7) is 5.10. The van der Waals surface area contributed by atoms with Gasteiger partial charge in [0.15, 0.2) is 0 Å². The molecule has 0 saturated heterocycles. The maximum atomic E-state index is 5.63. The van der Waals surface area contributed by atoms with E-state index in [1.54, 1.807) is 0 Å². The summed E-state index contributed by atoms with van der Waals surface area (Å²) in [6.07, 6.45) is 0.0601. The number of hydrogen-bond acceptors (Lipinski definition) is 3. The molecular weight excluding hydrogens is 114 g/mol. The largest absolute Gasteiger partial charge is 0.315 e. The van der Waals surface area contributed by atoms with Gasteiger partial charge >= 0.3 is 0 Å². The van der Waals surface area contributed by atoms with Gasteiger partial charge in [0.05, 0.1) is 6.17 Å². The van der Waals surface area contributed by atoms with Gasteiger partial charge in [-0.3, -0.25) is 0 Å². The van der Waals surface area contributed by atoms with Crippen LogP contribution in [0.5, 0.6) is 0 Å². The maximum Gasteiger partial charge on any atom is 0.0699 e. The lowest BCUT2D eigenvalue weighted by molar-refractivity contribution is 0.426. The van der Waals surface area contributed by atoms with Gasteiger partial charge in [-0.05, 0) is 20.5 Å². The van der Waals surface area contributed by atoms with Gasteiger partial charge in [0.2, 0.25) is 0 Å². The van der Waals surface area contributed by atoms with Crippen LogP contribution < -0.4 is 16.4 Å². The number of likely N-dealkylation sites (N-methyl/N-ethyl adjacent to an activating group) is 2. The molecule has 9 heavy (non-hydrogen) atoms. The molecule has 0 aromatic heterocycles. The van der Waals surface area contributed by atoms with Crippen molar-refractivity contribution in [2.75, 3.05) is 13.6 Å². The highest BCUT2D eigenvalue weighted by Crippen LogP contribution is 1.81. The van der Waals surface area contributed by atoms with Gasteiger partial charge in [-0.1, -0.05) is 6.92 Å². The Balaban J connectivity index is 3.32. The summed E-state index contributed by atoms with van der Waals surface area (Å²) < 4.78 is 0. The van der Waals surface area contributed by atoms with Gasteiger partial charge in [-0.2, -0.15) is 0 Å². The third kappa shape index (κ3) is 3.46. The van der Waals surface area contributed by atoms with Gasteiger partial charge in [0.1, 0.15) is 0 Å². The van der Waals surface area contributed by atoms with Crippen molar-refractivity contribution in [3.8, 4) is 0 Å². The normalized spacial score (nSPS) is 17.3. The molecule has 0 heterocycles. The molecule has 56 valence electrons. The second-order valence-corrected chi connectivity index (χ2v) is 2.16. The highest BCUT2D eigenvalue weighted by Gasteiger charge is 2.06. The number of hydrogen-bond donors (Lipinski definition) is 3. The van der Waals surface area contributed by atoms with Crippen molar-refractivity contribution in [3.05, 3.63) is 0 Å². The smallest absolute Gasteiger partial charge is 0.0699 e. The minimum Gasteiger partial charge on any atom is -0.315 e. The van der Waals surface area contributed by atoms with Gasteiger partial charge in [0, 0.05) is 6.04 Å². The minimum atomic E-state index is 0.0601. The second-order valence-electron chi connectivity index (χ2n) is 2.16. The standard InChI is InChI=1S/C6H17N3/c1-4-9-5(2)6(7)8-3/h5-6,8-9H,4,7H2,1-3H3. The van der Waals surface area contributed by atoms with Crippen molar-refractivity contribution < 1.29 is 0 Å². The number of nitrogens with two attached hydrogens (primary N) is 1. The van der Waals surface area contributed by atoms with Crippen LogP contribution in [0.3, 0.4) is 0 Å². The molecular formula is C6H17N3. The fraction of sp³-hybridized carbons (Fsp3) is 1.00. The Labute approximate surface area is 57.0 Å². The summed E-state index contributed by atoms with van der Waals surface area (Å²) in [7, 11) is 1.86. The minimum absolute atomic E-state index is 0.0601. The molecule has 3 nitrogen and oxygen atoms in total. The van der Waals surface area contributed by atoms with E-state index in [2.05, 4.69) is 24.5 Å². The van der Waals surface area contributed by atoms with Crippen LogP contribution in [0.25, 0.3) is 0 Å². The second kappa shape index (κ2) is 4.73. The summed E-state index contributed by atoms with van der Waals surface area (Å²) in [6, 6.07) is 0.347. The van der Waals surface area contributed by atoms with E-state index < -0.39 is 0 Å². The number of rotatable bonds is 4. The maximum absolute atomic E-state index is 5.63. The van der Waals surface area contributed by atoms with Crippen LogP contribution in [0.1, 0.15) is 13.8 Å². The first-order valence-electron chi connectivity index (χ1n) is 3.38. The van der Waals surface area contributed by atoms with Gasteiger partial charge in [-0.15, -0.1) is 0 Å². The summed E-state index contributed by atoms with van der Waals surface area (Å²) in [5, 5.41) is 6.17. The first kappa shape index (κ1) is 8.88. The quantitative estimate of drug-likeness (QED) is 0.450. The van der Waals surface area contributed by atoms with E-state index in [0.717, 1.165) is 6.54 Å². The summed E-state index contributed by atoms with van der Waals surface area (Å²) >= 11 is 0. The van der Waals surface area contributed by atoms with E-state index in [0.29, 0.717) is 6.04 Å². The Morgan fingerprint density at radius 1 is 1.56 bits per heavy atom. The monoisotopic (exact) mass is 131 g/mol. The molecule has 0 saturated carbocycles. The molecule has 0 bridgehead atoms. The molecule has 0 radical (unpaired) electrons. The zero-order valence-electron chi connectivity index (χ0n) is 6.44. The highest BCUT2D eigenvalue weighted by molar-refractivity contribution is 4.69. The van der Waals surface area contributed by atoms with E-state index in [4.69, 9.17) is 5.73 Å². The third-order valence-corrected chi connectivity index (χ3v) is 1.40. The molecule has 2 atom stereocenters. The molecule has 0 aliphatic heterocycles. The van der Waals surface area contributed by atoms with E-state index in [-0.39, 0.29) is 6.17 Å². The molecule has 0 amide bonds. The lowest BCUT2D eigenvalue weighted by Gasteiger charge is -2.19. The van der Waals surface area contributed by atoms with E-state index in [9.17, 15) is 0 Å². The van der Waals surface area contributed by atoms with Crippen LogP contribution in [0, 0.1) is 0 Å². The van der Waals surface area contributed by atoms with Gasteiger partial charge in [-0.25, -0.2) is 0 Å². The Morgan fingerprint density at radius 2 is 2.11 bits per heavy atom. The fourth-order valence-electron chi connectivity index (χ4n) is 0.699. The topological polar surface area (TPSA) is 50.1 Å². The molecule has 0 aromatic rings. The van der Waals surface area contributed by atoms with Crippen molar-refractivity contribution in [3.63, 3.8) is 0 Å². The summed E-state index contributed by atoms with van der Waals surface area (Å²) in [4.78, 5) is 0. The molecule has 4 N–H and O–H groups in total. The Kier molecular flexibility index (Phi) is 4.67. The molecule has 0 aromatic carbocycles. The van der Waals surface area contributed by atoms with Crippen molar-refractivity contribution in [1.82, 2.24) is 10.6 Å². The predicted octanol–water partition coefficient (Wildman–Crippen LogP) is -0.511. The first-order chi connectivity index (χ1) is 4.22. The van der Waals surface area contributed by atoms with Crippen LogP contribution in [-0.2, 0) is 0 Å². The van der Waals surface area contributed by atoms with E-state index >= 15 is 0 Å². The fourth-order valence-corrected chi connectivity index (χ4v) is 0.699. The van der Waals surface area contributed by atoms with Crippen LogP contribution in [-0.4, -0.2) is 25.8 Å². The number of nitrogens with one attached hydrogen (secondary N) is 2. The van der Waals surface area contributed by atoms with Gasteiger partial charge < -0.3 is 16.4 Å². The van der Waals surface area contributed by atoms with Crippen molar-refractivity contribution in [1.29, 1.82) is 0 Å². The zero-order chi connectivity index (χ0) is 7.28. The van der Waals surface area contributed by atoms with Crippen molar-refractivity contribution in [2.45, 2.75) is 26.1 Å². The van der Waals surface area contributed by atoms with Crippen LogP contribution in [0.2, 0.25) is 0 Å². The van der Waals surface area contributed by atoms with Crippen LogP contribution in [0.15, 0.2) is 0 Å². The molecule has 0 fully saturated rings. The van der Waals surface area contributed by atoms with Gasteiger partial charge in [0.25, 0.3) is 0 Å². The van der Waals surface area contributed by atoms with Crippen LogP contribution in [0.4, 0.5) is 0 Å². The Morgan fingerprint density at radius 3 is 2.44 bits per heavy atom. The van der Waals surface area contributed by atoms with E-state index in [1.165, 1.54) is 0 Å². The Bertz CT molecular complexity index is 65.3. The van der Waals surface area contributed by atoms with Crippen molar-refractivity contribution in [2.24, 2.45) is 5.73 Å². The first-order valence-corrected chi connectivity index (χ1v) is 3.38.